The lowest BCUT2D eigenvalue weighted by Crippen LogP contribution is -2.48. The summed E-state index contributed by atoms with van der Waals surface area (Å²) in [5.74, 6) is 0.281. The van der Waals surface area contributed by atoms with Crippen LogP contribution in [0.4, 0.5) is 5.69 Å². The van der Waals surface area contributed by atoms with Gasteiger partial charge >= 0.3 is 0 Å². The molecule has 11 heteroatoms. The van der Waals surface area contributed by atoms with Gasteiger partial charge < -0.3 is 24.8 Å². The average molecular weight is 580 g/mol. The Morgan fingerprint density at radius 3 is 2.63 bits per heavy atom. The van der Waals surface area contributed by atoms with Gasteiger partial charge in [0.1, 0.15) is 0 Å². The monoisotopic (exact) mass is 579 g/mol. The van der Waals surface area contributed by atoms with Gasteiger partial charge in [0.15, 0.2) is 5.76 Å². The van der Waals surface area contributed by atoms with E-state index in [2.05, 4.69) is 15.8 Å². The zero-order valence-electron chi connectivity index (χ0n) is 23.6. The first kappa shape index (κ1) is 28.8. The molecule has 0 radical (unpaired) electrons. The van der Waals surface area contributed by atoms with Crippen LogP contribution in [0.1, 0.15) is 46.8 Å². The second-order valence-corrected chi connectivity index (χ2v) is 12.6. The molecule has 0 fully saturated rings. The van der Waals surface area contributed by atoms with E-state index >= 15 is 0 Å². The molecule has 3 heterocycles. The highest BCUT2D eigenvalue weighted by Crippen LogP contribution is 2.35. The number of nitrogens with one attached hydrogen (secondary N) is 2. The lowest BCUT2D eigenvalue weighted by molar-refractivity contribution is 0.0828. The highest BCUT2D eigenvalue weighted by molar-refractivity contribution is 7.92. The molecular formula is C30H37N5O5S. The van der Waals surface area contributed by atoms with Crippen molar-refractivity contribution in [2.75, 3.05) is 23.7 Å². The maximum Gasteiger partial charge on any atom is 0.251 e. The summed E-state index contributed by atoms with van der Waals surface area (Å²) in [6, 6.07) is 14.4. The maximum atomic E-state index is 13.7. The molecule has 3 N–H and O–H groups in total. The van der Waals surface area contributed by atoms with E-state index in [1.807, 2.05) is 67.1 Å². The SMILES string of the molecule is CCc1cc(CNC[C@@H](O)[C@H](Cc2ccccc2)NC(=O)c2cc3c4c(c2)c(CC)cn4CCS(=O)(=O)N3C)on1. The molecule has 0 saturated carbocycles. The van der Waals surface area contributed by atoms with Crippen LogP contribution in [0, 0.1) is 0 Å². The molecular weight excluding hydrogens is 542 g/mol. The van der Waals surface area contributed by atoms with Crippen LogP contribution in [-0.2, 0) is 42.4 Å². The molecule has 2 aromatic carbocycles. The number of hydrogen-bond acceptors (Lipinski definition) is 7. The molecule has 5 rings (SSSR count). The number of aliphatic hydroxyl groups excluding tert-OH is 1. The van der Waals surface area contributed by atoms with Crippen LogP contribution in [0.25, 0.3) is 10.9 Å². The van der Waals surface area contributed by atoms with E-state index in [4.69, 9.17) is 4.52 Å². The van der Waals surface area contributed by atoms with Crippen molar-refractivity contribution >= 4 is 32.5 Å². The summed E-state index contributed by atoms with van der Waals surface area (Å²) in [6.07, 6.45) is 3.01. The van der Waals surface area contributed by atoms with Crippen molar-refractivity contribution in [3.63, 3.8) is 0 Å². The van der Waals surface area contributed by atoms with Crippen LogP contribution in [0.3, 0.4) is 0 Å². The Morgan fingerprint density at radius 2 is 1.93 bits per heavy atom. The molecule has 218 valence electrons. The Hall–Kier alpha value is -3.67. The number of aryl methyl sites for hydroxylation is 3. The first-order chi connectivity index (χ1) is 19.7. The zero-order valence-corrected chi connectivity index (χ0v) is 24.4. The van der Waals surface area contributed by atoms with E-state index in [9.17, 15) is 18.3 Å². The number of nitrogens with zero attached hydrogens (tertiary/aromatic N) is 3. The number of carbonyl (C=O) groups is 1. The number of carbonyl (C=O) groups excluding carboxylic acids is 1. The minimum absolute atomic E-state index is 0.0151. The van der Waals surface area contributed by atoms with E-state index in [1.165, 1.54) is 11.4 Å². The number of amides is 1. The van der Waals surface area contributed by atoms with Crippen LogP contribution in [0.15, 0.2) is 59.3 Å². The highest BCUT2D eigenvalue weighted by atomic mass is 32.2. The first-order valence-electron chi connectivity index (χ1n) is 14.0. The van der Waals surface area contributed by atoms with Crippen LogP contribution >= 0.6 is 0 Å². The number of aliphatic hydroxyl groups is 1. The van der Waals surface area contributed by atoms with E-state index in [1.54, 1.807) is 6.07 Å². The molecule has 0 unspecified atom stereocenters. The van der Waals surface area contributed by atoms with Gasteiger partial charge in [-0.05, 0) is 42.5 Å². The summed E-state index contributed by atoms with van der Waals surface area (Å²) < 4.78 is 34.4. The summed E-state index contributed by atoms with van der Waals surface area (Å²) in [6.45, 7) is 5.01. The van der Waals surface area contributed by atoms with Crippen LogP contribution in [-0.4, -0.2) is 60.6 Å². The lowest BCUT2D eigenvalue weighted by Gasteiger charge is -2.25. The van der Waals surface area contributed by atoms with Gasteiger partial charge in [-0.25, -0.2) is 8.42 Å². The van der Waals surface area contributed by atoms with Crippen molar-refractivity contribution in [1.82, 2.24) is 20.4 Å². The van der Waals surface area contributed by atoms with Crippen LogP contribution in [0.2, 0.25) is 0 Å². The Balaban J connectivity index is 1.41. The topological polar surface area (TPSA) is 130 Å². The minimum atomic E-state index is -3.53. The Bertz CT molecular complexity index is 1630. The van der Waals surface area contributed by atoms with Crippen molar-refractivity contribution < 1.29 is 22.8 Å². The molecule has 0 saturated heterocycles. The Kier molecular flexibility index (Phi) is 8.48. The summed E-state index contributed by atoms with van der Waals surface area (Å²) in [7, 11) is -2.00. The van der Waals surface area contributed by atoms with Gasteiger partial charge in [0.2, 0.25) is 10.0 Å². The molecule has 2 aromatic heterocycles. The molecule has 1 amide bonds. The van der Waals surface area contributed by atoms with Crippen molar-refractivity contribution in [3.05, 3.63) is 82.9 Å². The van der Waals surface area contributed by atoms with Gasteiger partial charge in [-0.15, -0.1) is 0 Å². The number of benzene rings is 2. The van der Waals surface area contributed by atoms with Crippen molar-refractivity contribution in [3.8, 4) is 0 Å². The molecule has 4 aromatic rings. The smallest absolute Gasteiger partial charge is 0.251 e. The van der Waals surface area contributed by atoms with Crippen molar-refractivity contribution in [2.24, 2.45) is 0 Å². The van der Waals surface area contributed by atoms with Crippen LogP contribution < -0.4 is 14.9 Å². The molecule has 0 bridgehead atoms. The van der Waals surface area contributed by atoms with Gasteiger partial charge in [-0.3, -0.25) is 9.10 Å². The second-order valence-electron chi connectivity index (χ2n) is 10.5. The predicted octanol–water partition coefficient (Wildman–Crippen LogP) is 3.03. The van der Waals surface area contributed by atoms with Gasteiger partial charge in [0, 0.05) is 43.4 Å². The highest BCUT2D eigenvalue weighted by Gasteiger charge is 2.29. The third-order valence-electron chi connectivity index (χ3n) is 7.73. The van der Waals surface area contributed by atoms with Gasteiger partial charge in [0.05, 0.1) is 41.3 Å². The van der Waals surface area contributed by atoms with Crippen molar-refractivity contribution in [2.45, 2.75) is 58.3 Å². The number of anilines is 1. The van der Waals surface area contributed by atoms with E-state index in [0.717, 1.165) is 40.6 Å². The average Bonchev–Trinajstić information content (AvgIpc) is 3.57. The molecule has 1 aliphatic rings. The summed E-state index contributed by atoms with van der Waals surface area (Å²) in [4.78, 5) is 13.7. The number of hydrogen-bond donors (Lipinski definition) is 3. The fourth-order valence-corrected chi connectivity index (χ4v) is 6.45. The third kappa shape index (κ3) is 6.17. The van der Waals surface area contributed by atoms with Gasteiger partial charge in [0.25, 0.3) is 5.91 Å². The standard InChI is InChI=1S/C30H37N5O5S/c1-4-21-19-35-11-12-41(38,39)34(3)27-15-22(14-25(21)29(27)35)30(37)32-26(13-20-9-7-6-8-10-20)28(36)18-31-17-24-16-23(5-2)33-40-24/h6-10,14-16,19,26,28,31,36H,4-5,11-13,17-18H2,1-3H3,(H,32,37)/t26-,28+/m0/s1. The Labute approximate surface area is 240 Å². The minimum Gasteiger partial charge on any atom is -0.390 e. The third-order valence-corrected chi connectivity index (χ3v) is 9.46. The number of aromatic nitrogens is 2. The lowest BCUT2D eigenvalue weighted by atomic mass is 10.00. The molecule has 10 nitrogen and oxygen atoms in total. The number of rotatable bonds is 11. The zero-order chi connectivity index (χ0) is 29.1. The second kappa shape index (κ2) is 12.1. The fourth-order valence-electron chi connectivity index (χ4n) is 5.31. The molecule has 0 aliphatic carbocycles. The predicted molar refractivity (Wildman–Crippen MR) is 159 cm³/mol. The molecule has 2 atom stereocenters. The molecule has 1 aliphatic heterocycles. The largest absolute Gasteiger partial charge is 0.390 e. The Morgan fingerprint density at radius 1 is 1.15 bits per heavy atom. The van der Waals surface area contributed by atoms with E-state index in [-0.39, 0.29) is 18.2 Å². The van der Waals surface area contributed by atoms with Gasteiger partial charge in [-0.1, -0.05) is 49.3 Å². The van der Waals surface area contributed by atoms with E-state index in [0.29, 0.717) is 36.5 Å². The fraction of sp³-hybridized carbons (Fsp3) is 0.400. The van der Waals surface area contributed by atoms with E-state index < -0.39 is 22.2 Å². The van der Waals surface area contributed by atoms with Crippen molar-refractivity contribution in [1.29, 1.82) is 0 Å². The summed E-state index contributed by atoms with van der Waals surface area (Å²) in [5, 5.41) is 22.3. The van der Waals surface area contributed by atoms with Gasteiger partial charge in [-0.2, -0.15) is 0 Å². The molecule has 0 spiro atoms. The maximum absolute atomic E-state index is 13.7. The summed E-state index contributed by atoms with van der Waals surface area (Å²) in [5.41, 5.74) is 4.51. The summed E-state index contributed by atoms with van der Waals surface area (Å²) >= 11 is 0. The first-order valence-corrected chi connectivity index (χ1v) is 15.6. The quantitative estimate of drug-likeness (QED) is 0.249. The number of sulfonamides is 1. The molecule has 41 heavy (non-hydrogen) atoms. The van der Waals surface area contributed by atoms with Crippen LogP contribution in [0.5, 0.6) is 0 Å². The normalized spacial score (nSPS) is 16.0.